The molecule has 8 nitrogen and oxygen atoms in total. The molecule has 450 valence electrons. The van der Waals surface area contributed by atoms with Gasteiger partial charge in [-0.1, -0.05) is 320 Å². The molecule has 0 radical (unpaired) electrons. The third-order valence-corrected chi connectivity index (χ3v) is 16.3. The fourth-order valence-corrected chi connectivity index (χ4v) is 10.9. The normalized spacial score (nSPS) is 13.9. The first kappa shape index (κ1) is 74.7. The van der Waals surface area contributed by atoms with E-state index < -0.39 is 26.6 Å². The van der Waals surface area contributed by atoms with Crippen LogP contribution in [0.25, 0.3) is 0 Å². The summed E-state index contributed by atoms with van der Waals surface area (Å²) in [5.74, 6) is -0.204. The van der Waals surface area contributed by atoms with Crippen molar-refractivity contribution in [1.29, 1.82) is 0 Å². The largest absolute Gasteiger partial charge is 0.756 e. The summed E-state index contributed by atoms with van der Waals surface area (Å²) < 4.78 is 23.4. The van der Waals surface area contributed by atoms with Gasteiger partial charge in [0.25, 0.3) is 7.82 Å². The summed E-state index contributed by atoms with van der Waals surface area (Å²) in [5.41, 5.74) is 0. The maximum atomic E-state index is 13.0. The molecule has 0 aliphatic carbocycles. The molecule has 0 bridgehead atoms. The molecule has 0 spiro atoms. The van der Waals surface area contributed by atoms with E-state index >= 15 is 0 Å². The first-order valence-electron chi connectivity index (χ1n) is 33.4. The highest BCUT2D eigenvalue weighted by Crippen LogP contribution is 2.38. The van der Waals surface area contributed by atoms with Crippen LogP contribution in [0.15, 0.2) is 36.5 Å². The Hall–Kier alpha value is -1.28. The molecule has 0 saturated carbocycles. The first-order valence-corrected chi connectivity index (χ1v) is 34.8. The number of phosphoric acid groups is 1. The monoisotopic (exact) mass is 1090 g/mol. The van der Waals surface area contributed by atoms with Crippen molar-refractivity contribution < 1.29 is 32.9 Å². The van der Waals surface area contributed by atoms with E-state index in [4.69, 9.17) is 9.05 Å². The van der Waals surface area contributed by atoms with E-state index in [2.05, 4.69) is 43.5 Å². The topological polar surface area (TPSA) is 108 Å². The molecule has 0 aliphatic rings. The molecule has 0 aliphatic heterocycles. The standard InChI is InChI=1S/C67H131N2O6P/c1-6-8-10-12-14-16-18-20-22-24-26-28-30-32-33-34-35-37-38-40-42-44-46-48-50-52-54-56-58-60-66(70)65(64-75-76(72,73)74-63-62-69(3,4)5)68-67(71)61-59-57-55-53-51-49-47-45-43-41-39-36-31-29-27-25-23-21-19-17-15-13-11-9-7-2/h42,44,50,52,58,60,65-66,70H,6-41,43,45-49,51,53-57,59,61-64H2,1-5H3,(H-,68,71,72,73)/b44-42+,52-50+,60-58+. The number of unbranched alkanes of at least 4 members (excludes halogenated alkanes) is 45. The number of nitrogens with zero attached hydrogens (tertiary/aromatic N) is 1. The summed E-state index contributed by atoms with van der Waals surface area (Å²) in [6.45, 7) is 4.68. The lowest BCUT2D eigenvalue weighted by Crippen LogP contribution is -2.45. The van der Waals surface area contributed by atoms with Gasteiger partial charge in [0.1, 0.15) is 13.2 Å². The molecule has 3 unspecified atom stereocenters. The van der Waals surface area contributed by atoms with Crippen LogP contribution in [0, 0.1) is 0 Å². The van der Waals surface area contributed by atoms with Crippen LogP contribution in [0.5, 0.6) is 0 Å². The van der Waals surface area contributed by atoms with Crippen LogP contribution < -0.4 is 10.2 Å². The highest BCUT2D eigenvalue weighted by Gasteiger charge is 2.23. The fourth-order valence-electron chi connectivity index (χ4n) is 10.1. The second kappa shape index (κ2) is 58.4. The number of phosphoric ester groups is 1. The number of quaternary nitrogens is 1. The molecule has 0 rings (SSSR count). The summed E-state index contributed by atoms with van der Waals surface area (Å²) in [5, 5.41) is 13.9. The molecule has 0 aromatic rings. The molecule has 0 saturated heterocycles. The van der Waals surface area contributed by atoms with Gasteiger partial charge in [0.2, 0.25) is 5.91 Å². The van der Waals surface area contributed by atoms with E-state index in [0.29, 0.717) is 17.4 Å². The van der Waals surface area contributed by atoms with E-state index in [9.17, 15) is 19.4 Å². The van der Waals surface area contributed by atoms with Gasteiger partial charge >= 0.3 is 0 Å². The van der Waals surface area contributed by atoms with Gasteiger partial charge in [0.15, 0.2) is 0 Å². The predicted octanol–water partition coefficient (Wildman–Crippen LogP) is 20.3. The highest BCUT2D eigenvalue weighted by molar-refractivity contribution is 7.45. The number of aliphatic hydroxyl groups is 1. The third kappa shape index (κ3) is 60.4. The molecule has 1 amide bonds. The van der Waals surface area contributed by atoms with Gasteiger partial charge in [0, 0.05) is 6.42 Å². The number of carbonyl (C=O) groups excluding carboxylic acids is 1. The van der Waals surface area contributed by atoms with Crippen LogP contribution in [-0.2, 0) is 18.4 Å². The zero-order valence-corrected chi connectivity index (χ0v) is 52.4. The number of carbonyl (C=O) groups is 1. The summed E-state index contributed by atoms with van der Waals surface area (Å²) in [7, 11) is 1.25. The van der Waals surface area contributed by atoms with Crippen LogP contribution in [0.1, 0.15) is 335 Å². The number of allylic oxidation sites excluding steroid dienone is 5. The number of rotatable bonds is 62. The van der Waals surface area contributed by atoms with Gasteiger partial charge in [-0.15, -0.1) is 0 Å². The lowest BCUT2D eigenvalue weighted by Gasteiger charge is -2.29. The van der Waals surface area contributed by atoms with Crippen molar-refractivity contribution in [1.82, 2.24) is 5.32 Å². The Morgan fingerprint density at radius 3 is 1.07 bits per heavy atom. The SMILES string of the molecule is CCCCCCCCCCCCCCCCCCCCC/C=C/CC/C=C/CC/C=C/C(O)C(COP(=O)([O-])OCC[N+](C)(C)C)NC(=O)CCCCCCCCCCCCCCCCCCCCCCCCCCC. The first-order chi connectivity index (χ1) is 37.0. The average molecular weight is 1090 g/mol. The van der Waals surface area contributed by atoms with Gasteiger partial charge < -0.3 is 28.8 Å². The molecule has 0 aromatic carbocycles. The van der Waals surface area contributed by atoms with Gasteiger partial charge in [-0.25, -0.2) is 0 Å². The van der Waals surface area contributed by atoms with Crippen molar-refractivity contribution in [3.63, 3.8) is 0 Å². The van der Waals surface area contributed by atoms with E-state index in [1.807, 2.05) is 27.2 Å². The fraction of sp³-hybridized carbons (Fsp3) is 0.896. The molecule has 3 atom stereocenters. The molecule has 9 heteroatoms. The Bertz CT molecular complexity index is 1330. The lowest BCUT2D eigenvalue weighted by molar-refractivity contribution is -0.870. The number of nitrogens with one attached hydrogen (secondary N) is 1. The number of hydrogen-bond acceptors (Lipinski definition) is 6. The number of likely N-dealkylation sites (N-methyl/N-ethyl adjacent to an activating group) is 1. The van der Waals surface area contributed by atoms with Gasteiger partial charge in [-0.05, 0) is 44.9 Å². The van der Waals surface area contributed by atoms with Crippen LogP contribution in [0.4, 0.5) is 0 Å². The molecule has 0 heterocycles. The van der Waals surface area contributed by atoms with Gasteiger partial charge in [0.05, 0.1) is 39.9 Å². The quantitative estimate of drug-likeness (QED) is 0.0272. The summed E-state index contributed by atoms with van der Waals surface area (Å²) in [6.07, 6.45) is 76.9. The Morgan fingerprint density at radius 2 is 0.737 bits per heavy atom. The Labute approximate surface area is 474 Å². The van der Waals surface area contributed by atoms with Crippen molar-refractivity contribution >= 4 is 13.7 Å². The number of aliphatic hydroxyl groups excluding tert-OH is 1. The van der Waals surface area contributed by atoms with Crippen molar-refractivity contribution in [2.75, 3.05) is 40.9 Å². The van der Waals surface area contributed by atoms with Crippen LogP contribution in [0.2, 0.25) is 0 Å². The Morgan fingerprint density at radius 1 is 0.447 bits per heavy atom. The van der Waals surface area contributed by atoms with Crippen LogP contribution in [-0.4, -0.2) is 68.5 Å². The summed E-state index contributed by atoms with van der Waals surface area (Å²) >= 11 is 0. The van der Waals surface area contributed by atoms with Gasteiger partial charge in [-0.3, -0.25) is 9.36 Å². The van der Waals surface area contributed by atoms with E-state index in [1.165, 1.54) is 270 Å². The molecule has 76 heavy (non-hydrogen) atoms. The van der Waals surface area contributed by atoms with Crippen molar-refractivity contribution in [3.8, 4) is 0 Å². The second-order valence-electron chi connectivity index (χ2n) is 24.2. The Balaban J connectivity index is 4.15. The summed E-state index contributed by atoms with van der Waals surface area (Å²) in [6, 6.07) is -0.909. The van der Waals surface area contributed by atoms with E-state index in [-0.39, 0.29) is 12.5 Å². The number of amides is 1. The van der Waals surface area contributed by atoms with Crippen LogP contribution in [0.3, 0.4) is 0 Å². The maximum Gasteiger partial charge on any atom is 0.268 e. The minimum atomic E-state index is -4.61. The zero-order valence-electron chi connectivity index (χ0n) is 51.5. The minimum absolute atomic E-state index is 0.00714. The molecular formula is C67H131N2O6P. The smallest absolute Gasteiger partial charge is 0.268 e. The second-order valence-corrected chi connectivity index (χ2v) is 25.6. The minimum Gasteiger partial charge on any atom is -0.756 e. The molecule has 2 N–H and O–H groups in total. The summed E-state index contributed by atoms with van der Waals surface area (Å²) in [4.78, 5) is 25.6. The number of hydrogen-bond donors (Lipinski definition) is 2. The maximum absolute atomic E-state index is 13.0. The van der Waals surface area contributed by atoms with Crippen molar-refractivity contribution in [2.24, 2.45) is 0 Å². The Kier molecular flexibility index (Phi) is 57.4. The van der Waals surface area contributed by atoms with E-state index in [1.54, 1.807) is 6.08 Å². The molecular weight excluding hydrogens is 960 g/mol. The van der Waals surface area contributed by atoms with E-state index in [0.717, 1.165) is 44.9 Å². The van der Waals surface area contributed by atoms with Gasteiger partial charge in [-0.2, -0.15) is 0 Å². The zero-order chi connectivity index (χ0) is 55.6. The van der Waals surface area contributed by atoms with Crippen molar-refractivity contribution in [2.45, 2.75) is 347 Å². The molecule has 0 fully saturated rings. The predicted molar refractivity (Wildman–Crippen MR) is 330 cm³/mol. The highest BCUT2D eigenvalue weighted by atomic mass is 31.2. The third-order valence-electron chi connectivity index (χ3n) is 15.3. The van der Waals surface area contributed by atoms with Crippen molar-refractivity contribution in [3.05, 3.63) is 36.5 Å². The average Bonchev–Trinajstić information content (AvgIpc) is 3.38. The van der Waals surface area contributed by atoms with Crippen LogP contribution >= 0.6 is 7.82 Å². The lowest BCUT2D eigenvalue weighted by atomic mass is 10.0. The molecule has 0 aromatic heterocycles.